The number of thioether (sulfide) groups is 1. The van der Waals surface area contributed by atoms with E-state index in [1.54, 1.807) is 27.7 Å². The zero-order chi connectivity index (χ0) is 25.1. The molecule has 0 spiro atoms. The van der Waals surface area contributed by atoms with Gasteiger partial charge in [-0.15, -0.1) is 10.2 Å². The fourth-order valence-corrected chi connectivity index (χ4v) is 5.11. The number of amides is 2. The highest BCUT2D eigenvalue weighted by molar-refractivity contribution is 7.99. The molecule has 0 aliphatic carbocycles. The minimum atomic E-state index is -0.492. The van der Waals surface area contributed by atoms with Crippen molar-refractivity contribution in [1.82, 2.24) is 20.1 Å². The van der Waals surface area contributed by atoms with E-state index >= 15 is 0 Å². The molecule has 7 nitrogen and oxygen atoms in total. The second kappa shape index (κ2) is 10.5. The first kappa shape index (κ1) is 24.0. The van der Waals surface area contributed by atoms with Crippen LogP contribution >= 0.6 is 23.4 Å². The molecule has 0 atom stereocenters. The highest BCUT2D eigenvalue weighted by atomic mass is 35.5. The highest BCUT2D eigenvalue weighted by Crippen LogP contribution is 2.29. The molecule has 4 aromatic rings. The van der Waals surface area contributed by atoms with Gasteiger partial charge in [0.25, 0.3) is 5.91 Å². The third kappa shape index (κ3) is 5.12. The highest BCUT2D eigenvalue weighted by Gasteiger charge is 2.25. The van der Waals surface area contributed by atoms with Gasteiger partial charge in [-0.1, -0.05) is 53.7 Å². The van der Waals surface area contributed by atoms with Gasteiger partial charge in [-0.25, -0.2) is 4.39 Å². The van der Waals surface area contributed by atoms with Gasteiger partial charge in [-0.2, -0.15) is 0 Å². The topological polar surface area (TPSA) is 80.1 Å². The number of nitrogens with zero attached hydrogens (tertiary/aromatic N) is 4. The third-order valence-electron chi connectivity index (χ3n) is 5.77. The third-order valence-corrected chi connectivity index (χ3v) is 6.92. The molecule has 3 aromatic carbocycles. The smallest absolute Gasteiger partial charge is 0.251 e. The van der Waals surface area contributed by atoms with Gasteiger partial charge in [0.1, 0.15) is 5.82 Å². The molecule has 182 valence electrons. The number of nitrogens with one attached hydrogen (secondary N) is 1. The van der Waals surface area contributed by atoms with Crippen molar-refractivity contribution in [2.24, 2.45) is 0 Å². The summed E-state index contributed by atoms with van der Waals surface area (Å²) in [5.74, 6) is -0.334. The first-order valence-electron chi connectivity index (χ1n) is 11.2. The fourth-order valence-electron chi connectivity index (χ4n) is 4.08. The number of carbonyl (C=O) groups excluding carboxylic acids is 2. The molecule has 0 fully saturated rings. The van der Waals surface area contributed by atoms with Crippen molar-refractivity contribution in [2.75, 3.05) is 17.2 Å². The van der Waals surface area contributed by atoms with E-state index in [1.807, 2.05) is 30.3 Å². The molecule has 1 aliphatic rings. The largest absolute Gasteiger partial charge is 0.345 e. The summed E-state index contributed by atoms with van der Waals surface area (Å²) in [6, 6.07) is 20.5. The average Bonchev–Trinajstić information content (AvgIpc) is 3.50. The lowest BCUT2D eigenvalue weighted by molar-refractivity contribution is -0.116. The van der Waals surface area contributed by atoms with Gasteiger partial charge in [-0.05, 0) is 54.4 Å². The van der Waals surface area contributed by atoms with Gasteiger partial charge in [0, 0.05) is 22.8 Å². The van der Waals surface area contributed by atoms with Crippen molar-refractivity contribution in [2.45, 2.75) is 18.1 Å². The van der Waals surface area contributed by atoms with Crippen LogP contribution in [0.3, 0.4) is 0 Å². The fraction of sp³-hybridized carbons (Fsp3) is 0.154. The second-order valence-corrected chi connectivity index (χ2v) is 9.50. The molecule has 5 rings (SSSR count). The lowest BCUT2D eigenvalue weighted by atomic mass is 10.2. The number of benzene rings is 3. The van der Waals surface area contributed by atoms with Crippen LogP contribution in [-0.4, -0.2) is 38.9 Å². The van der Waals surface area contributed by atoms with Crippen LogP contribution in [0.5, 0.6) is 0 Å². The number of para-hydroxylation sites is 1. The number of hydrogen-bond acceptors (Lipinski definition) is 5. The van der Waals surface area contributed by atoms with Crippen LogP contribution in [0.25, 0.3) is 5.69 Å². The summed E-state index contributed by atoms with van der Waals surface area (Å²) in [5, 5.41) is 12.3. The van der Waals surface area contributed by atoms with Crippen molar-refractivity contribution >= 4 is 40.9 Å². The molecule has 1 N–H and O–H groups in total. The van der Waals surface area contributed by atoms with Crippen LogP contribution in [-0.2, 0) is 17.8 Å². The van der Waals surface area contributed by atoms with Crippen molar-refractivity contribution in [3.8, 4) is 5.69 Å². The lowest BCUT2D eigenvalue weighted by Crippen LogP contribution is -2.30. The number of rotatable bonds is 7. The summed E-state index contributed by atoms with van der Waals surface area (Å²) in [5.41, 5.74) is 3.01. The van der Waals surface area contributed by atoms with Crippen molar-refractivity contribution in [3.63, 3.8) is 0 Å². The normalized spacial score (nSPS) is 12.4. The van der Waals surface area contributed by atoms with E-state index in [1.165, 1.54) is 36.0 Å². The first-order valence-corrected chi connectivity index (χ1v) is 12.6. The van der Waals surface area contributed by atoms with E-state index in [0.29, 0.717) is 28.2 Å². The number of halogens is 2. The molecule has 36 heavy (non-hydrogen) atoms. The van der Waals surface area contributed by atoms with E-state index in [2.05, 4.69) is 15.5 Å². The van der Waals surface area contributed by atoms with Crippen LogP contribution in [0.15, 0.2) is 78.0 Å². The Balaban J connectivity index is 1.35. The standard InChI is InChI=1S/C26H21ClFN5O2S/c27-19-7-4-9-21(14-19)33-23(15-29-25(35)18-6-3-8-20(28)13-18)30-31-26(33)36-16-24(34)32-12-11-17-5-1-2-10-22(17)32/h1-10,13-14H,11-12,15-16H2,(H,29,35). The number of anilines is 1. The van der Waals surface area contributed by atoms with E-state index < -0.39 is 11.7 Å². The molecule has 2 amide bonds. The van der Waals surface area contributed by atoms with Crippen LogP contribution in [0.1, 0.15) is 21.7 Å². The second-order valence-electron chi connectivity index (χ2n) is 8.12. The maximum Gasteiger partial charge on any atom is 0.251 e. The Kier molecular flexibility index (Phi) is 7.02. The number of carbonyl (C=O) groups is 2. The van der Waals surface area contributed by atoms with Gasteiger partial charge in [-0.3, -0.25) is 14.2 Å². The minimum absolute atomic E-state index is 0.0217. The summed E-state index contributed by atoms with van der Waals surface area (Å²) in [6.07, 6.45) is 0.834. The van der Waals surface area contributed by atoms with Gasteiger partial charge < -0.3 is 10.2 Å². The monoisotopic (exact) mass is 521 g/mol. The Morgan fingerprint density at radius 1 is 1.03 bits per heavy atom. The van der Waals surface area contributed by atoms with Crippen LogP contribution in [0, 0.1) is 5.82 Å². The van der Waals surface area contributed by atoms with Gasteiger partial charge >= 0.3 is 0 Å². The Labute approximate surface area is 216 Å². The number of hydrogen-bond donors (Lipinski definition) is 1. The van der Waals surface area contributed by atoms with Crippen LogP contribution < -0.4 is 10.2 Å². The van der Waals surface area contributed by atoms with Gasteiger partial charge in [0.15, 0.2) is 11.0 Å². The van der Waals surface area contributed by atoms with E-state index in [0.717, 1.165) is 17.7 Å². The molecule has 0 unspecified atom stereocenters. The summed E-state index contributed by atoms with van der Waals surface area (Å²) < 4.78 is 15.3. The Bertz CT molecular complexity index is 1440. The van der Waals surface area contributed by atoms with E-state index in [9.17, 15) is 14.0 Å². The molecular formula is C26H21ClFN5O2S. The van der Waals surface area contributed by atoms with Crippen LogP contribution in [0.2, 0.25) is 5.02 Å². The lowest BCUT2D eigenvalue weighted by Gasteiger charge is -2.17. The molecule has 0 saturated heterocycles. The predicted octanol–water partition coefficient (Wildman–Crippen LogP) is 4.67. The summed E-state index contributed by atoms with van der Waals surface area (Å²) in [6.45, 7) is 0.694. The quantitative estimate of drug-likeness (QED) is 0.357. The minimum Gasteiger partial charge on any atom is -0.345 e. The maximum absolute atomic E-state index is 13.5. The molecule has 2 heterocycles. The molecule has 10 heteroatoms. The molecule has 1 aromatic heterocycles. The van der Waals surface area contributed by atoms with Crippen molar-refractivity contribution in [3.05, 3.63) is 101 Å². The van der Waals surface area contributed by atoms with Crippen molar-refractivity contribution in [1.29, 1.82) is 0 Å². The van der Waals surface area contributed by atoms with Crippen molar-refractivity contribution < 1.29 is 14.0 Å². The molecule has 1 aliphatic heterocycles. The SMILES string of the molecule is O=C(NCc1nnc(SCC(=O)N2CCc3ccccc32)n1-c1cccc(Cl)c1)c1cccc(F)c1. The Hall–Kier alpha value is -3.69. The molecular weight excluding hydrogens is 501 g/mol. The Morgan fingerprint density at radius 3 is 2.69 bits per heavy atom. The Morgan fingerprint density at radius 2 is 1.86 bits per heavy atom. The number of aromatic nitrogens is 3. The molecule has 0 radical (unpaired) electrons. The zero-order valence-corrected chi connectivity index (χ0v) is 20.6. The van der Waals surface area contributed by atoms with Gasteiger partial charge in [0.2, 0.25) is 5.91 Å². The predicted molar refractivity (Wildman–Crippen MR) is 137 cm³/mol. The first-order chi connectivity index (χ1) is 17.5. The van der Waals surface area contributed by atoms with Gasteiger partial charge in [0.05, 0.1) is 18.0 Å². The zero-order valence-electron chi connectivity index (χ0n) is 19.0. The molecule has 0 saturated carbocycles. The number of fused-ring (bicyclic) bond motifs is 1. The average molecular weight is 522 g/mol. The van der Waals surface area contributed by atoms with E-state index in [-0.39, 0.29) is 23.8 Å². The molecule has 0 bridgehead atoms. The summed E-state index contributed by atoms with van der Waals surface area (Å²) >= 11 is 7.49. The van der Waals surface area contributed by atoms with Crippen LogP contribution in [0.4, 0.5) is 10.1 Å². The summed E-state index contributed by atoms with van der Waals surface area (Å²) in [4.78, 5) is 27.4. The summed E-state index contributed by atoms with van der Waals surface area (Å²) in [7, 11) is 0. The van der Waals surface area contributed by atoms with E-state index in [4.69, 9.17) is 11.6 Å². The maximum atomic E-state index is 13.5.